The zero-order valence-electron chi connectivity index (χ0n) is 11.1. The summed E-state index contributed by atoms with van der Waals surface area (Å²) < 4.78 is 5.19. The van der Waals surface area contributed by atoms with E-state index in [0.717, 1.165) is 0 Å². The lowest BCUT2D eigenvalue weighted by molar-refractivity contribution is -0.151. The summed E-state index contributed by atoms with van der Waals surface area (Å²) in [4.78, 5) is 25.9. The molecular formula is C12H22N2O3. The quantitative estimate of drug-likeness (QED) is 0.729. The Kier molecular flexibility index (Phi) is 4.51. The van der Waals surface area contributed by atoms with Crippen molar-refractivity contribution in [3.63, 3.8) is 0 Å². The number of nitrogens with zero attached hydrogens (tertiary/aromatic N) is 1. The number of carbonyl (C=O) groups is 2. The first kappa shape index (κ1) is 14.0. The second kappa shape index (κ2) is 5.49. The third-order valence-electron chi connectivity index (χ3n) is 2.82. The summed E-state index contributed by atoms with van der Waals surface area (Å²) in [6, 6.07) is 0.0410. The molecule has 1 heterocycles. The predicted octanol–water partition coefficient (Wildman–Crippen LogP) is 0.396. The molecule has 0 radical (unpaired) electrons. The summed E-state index contributed by atoms with van der Waals surface area (Å²) in [5, 5.41) is 2.79. The summed E-state index contributed by atoms with van der Waals surface area (Å²) >= 11 is 0. The zero-order chi connectivity index (χ0) is 13.1. The van der Waals surface area contributed by atoms with Crippen LogP contribution in [0, 0.1) is 5.41 Å². The highest BCUT2D eigenvalue weighted by Crippen LogP contribution is 2.20. The molecule has 2 amide bonds. The normalized spacial score (nSPS) is 17.1. The number of morpholine rings is 1. The van der Waals surface area contributed by atoms with Crippen molar-refractivity contribution in [1.29, 1.82) is 0 Å². The first-order chi connectivity index (χ1) is 7.85. The molecule has 0 aromatic carbocycles. The van der Waals surface area contributed by atoms with Crippen molar-refractivity contribution in [3.05, 3.63) is 0 Å². The van der Waals surface area contributed by atoms with E-state index in [0.29, 0.717) is 26.3 Å². The van der Waals surface area contributed by atoms with E-state index in [4.69, 9.17) is 4.74 Å². The van der Waals surface area contributed by atoms with Crippen molar-refractivity contribution in [2.24, 2.45) is 5.41 Å². The van der Waals surface area contributed by atoms with Crippen molar-refractivity contribution in [3.8, 4) is 0 Å². The molecule has 0 atom stereocenters. The molecule has 0 spiro atoms. The number of rotatable bonds is 3. The van der Waals surface area contributed by atoms with Crippen LogP contribution in [0.15, 0.2) is 0 Å². The zero-order valence-corrected chi connectivity index (χ0v) is 11.1. The van der Waals surface area contributed by atoms with Gasteiger partial charge in [-0.2, -0.15) is 0 Å². The standard InChI is InChI=1S/C12H22N2O3/c1-9(2)13-10(15)12(3,4)11(16)14-5-7-17-8-6-14/h9H,5-8H2,1-4H3,(H,13,15). The lowest BCUT2D eigenvalue weighted by atomic mass is 9.90. The predicted molar refractivity (Wildman–Crippen MR) is 64.5 cm³/mol. The van der Waals surface area contributed by atoms with Crippen LogP contribution >= 0.6 is 0 Å². The Hall–Kier alpha value is -1.10. The highest BCUT2D eigenvalue weighted by atomic mass is 16.5. The SMILES string of the molecule is CC(C)NC(=O)C(C)(C)C(=O)N1CCOCC1. The number of ether oxygens (including phenoxy) is 1. The Labute approximate surface area is 102 Å². The molecule has 0 bridgehead atoms. The minimum absolute atomic E-state index is 0.0410. The van der Waals surface area contributed by atoms with E-state index in [1.54, 1.807) is 18.7 Å². The van der Waals surface area contributed by atoms with Crippen molar-refractivity contribution >= 4 is 11.8 Å². The van der Waals surface area contributed by atoms with Crippen molar-refractivity contribution in [2.45, 2.75) is 33.7 Å². The summed E-state index contributed by atoms with van der Waals surface area (Å²) in [6.07, 6.45) is 0. The first-order valence-electron chi connectivity index (χ1n) is 6.04. The molecular weight excluding hydrogens is 220 g/mol. The van der Waals surface area contributed by atoms with Gasteiger partial charge in [0.25, 0.3) is 0 Å². The number of carbonyl (C=O) groups excluding carboxylic acids is 2. The number of amides is 2. The van der Waals surface area contributed by atoms with Gasteiger partial charge in [0.05, 0.1) is 13.2 Å². The largest absolute Gasteiger partial charge is 0.378 e. The smallest absolute Gasteiger partial charge is 0.237 e. The molecule has 5 heteroatoms. The first-order valence-corrected chi connectivity index (χ1v) is 6.04. The highest BCUT2D eigenvalue weighted by Gasteiger charge is 2.39. The van der Waals surface area contributed by atoms with E-state index in [1.807, 2.05) is 13.8 Å². The molecule has 0 aliphatic carbocycles. The number of hydrogen-bond acceptors (Lipinski definition) is 3. The number of nitrogens with one attached hydrogen (secondary N) is 1. The van der Waals surface area contributed by atoms with Gasteiger partial charge in [0.15, 0.2) is 0 Å². The molecule has 0 aromatic heterocycles. The maximum atomic E-state index is 12.3. The molecule has 1 N–H and O–H groups in total. The number of hydrogen-bond donors (Lipinski definition) is 1. The molecule has 1 saturated heterocycles. The Bertz CT molecular complexity index is 294. The molecule has 1 aliphatic heterocycles. The molecule has 0 saturated carbocycles. The van der Waals surface area contributed by atoms with Gasteiger partial charge >= 0.3 is 0 Å². The minimum Gasteiger partial charge on any atom is -0.378 e. The van der Waals surface area contributed by atoms with Gasteiger partial charge in [0.1, 0.15) is 5.41 Å². The molecule has 0 aromatic rings. The van der Waals surface area contributed by atoms with Crippen LogP contribution in [-0.2, 0) is 14.3 Å². The van der Waals surface area contributed by atoms with E-state index in [1.165, 1.54) is 0 Å². The average Bonchev–Trinajstić information content (AvgIpc) is 2.28. The summed E-state index contributed by atoms with van der Waals surface area (Å²) in [5.74, 6) is -0.344. The van der Waals surface area contributed by atoms with Gasteiger partial charge in [-0.25, -0.2) is 0 Å². The van der Waals surface area contributed by atoms with Crippen LogP contribution in [0.1, 0.15) is 27.7 Å². The summed E-state index contributed by atoms with van der Waals surface area (Å²) in [5.41, 5.74) is -1.01. The fourth-order valence-corrected chi connectivity index (χ4v) is 1.70. The lowest BCUT2D eigenvalue weighted by Crippen LogP contribution is -2.53. The van der Waals surface area contributed by atoms with Crippen LogP contribution in [0.5, 0.6) is 0 Å². The van der Waals surface area contributed by atoms with Crippen LogP contribution in [0.4, 0.5) is 0 Å². The molecule has 1 fully saturated rings. The van der Waals surface area contributed by atoms with E-state index >= 15 is 0 Å². The third kappa shape index (κ3) is 3.43. The molecule has 1 aliphatic rings. The topological polar surface area (TPSA) is 58.6 Å². The van der Waals surface area contributed by atoms with Gasteiger partial charge in [-0.1, -0.05) is 0 Å². The van der Waals surface area contributed by atoms with Crippen molar-refractivity contribution in [2.75, 3.05) is 26.3 Å². The average molecular weight is 242 g/mol. The molecule has 0 unspecified atom stereocenters. The second-order valence-electron chi connectivity index (χ2n) is 5.16. The fraction of sp³-hybridized carbons (Fsp3) is 0.833. The maximum Gasteiger partial charge on any atom is 0.237 e. The van der Waals surface area contributed by atoms with Crippen LogP contribution < -0.4 is 5.32 Å². The van der Waals surface area contributed by atoms with Crippen molar-refractivity contribution < 1.29 is 14.3 Å². The van der Waals surface area contributed by atoms with Crippen LogP contribution in [0.25, 0.3) is 0 Å². The van der Waals surface area contributed by atoms with Crippen LogP contribution in [0.2, 0.25) is 0 Å². The van der Waals surface area contributed by atoms with Gasteiger partial charge < -0.3 is 15.0 Å². The Morgan fingerprint density at radius 2 is 1.76 bits per heavy atom. The molecule has 5 nitrogen and oxygen atoms in total. The Morgan fingerprint density at radius 3 is 2.24 bits per heavy atom. The highest BCUT2D eigenvalue weighted by molar-refractivity contribution is 6.04. The fourth-order valence-electron chi connectivity index (χ4n) is 1.70. The van der Waals surface area contributed by atoms with Gasteiger partial charge in [-0.3, -0.25) is 9.59 Å². The van der Waals surface area contributed by atoms with Gasteiger partial charge in [0, 0.05) is 19.1 Å². The Balaban J connectivity index is 2.67. The van der Waals surface area contributed by atoms with Crippen LogP contribution in [-0.4, -0.2) is 49.1 Å². The van der Waals surface area contributed by atoms with Gasteiger partial charge in [-0.05, 0) is 27.7 Å². The van der Waals surface area contributed by atoms with Crippen LogP contribution in [0.3, 0.4) is 0 Å². The van der Waals surface area contributed by atoms with Gasteiger partial charge in [0.2, 0.25) is 11.8 Å². The summed E-state index contributed by atoms with van der Waals surface area (Å²) in [6.45, 7) is 9.33. The van der Waals surface area contributed by atoms with E-state index in [2.05, 4.69) is 5.32 Å². The third-order valence-corrected chi connectivity index (χ3v) is 2.82. The molecule has 1 rings (SSSR count). The Morgan fingerprint density at radius 1 is 1.24 bits per heavy atom. The molecule has 98 valence electrons. The maximum absolute atomic E-state index is 12.3. The summed E-state index contributed by atoms with van der Waals surface area (Å²) in [7, 11) is 0. The van der Waals surface area contributed by atoms with Gasteiger partial charge in [-0.15, -0.1) is 0 Å². The monoisotopic (exact) mass is 242 g/mol. The van der Waals surface area contributed by atoms with E-state index < -0.39 is 5.41 Å². The second-order valence-corrected chi connectivity index (χ2v) is 5.16. The minimum atomic E-state index is -1.01. The van der Waals surface area contributed by atoms with Crippen molar-refractivity contribution in [1.82, 2.24) is 10.2 Å². The lowest BCUT2D eigenvalue weighted by Gasteiger charge is -2.33. The van der Waals surface area contributed by atoms with E-state index in [-0.39, 0.29) is 17.9 Å². The molecule has 17 heavy (non-hydrogen) atoms. The van der Waals surface area contributed by atoms with E-state index in [9.17, 15) is 9.59 Å².